The number of nitrogens with one attached hydrogen (secondary N) is 1. The fraction of sp³-hybridized carbons (Fsp3) is 0.364. The van der Waals surface area contributed by atoms with Crippen molar-refractivity contribution >= 4 is 29.3 Å². The molecule has 1 aliphatic rings. The van der Waals surface area contributed by atoms with Crippen molar-refractivity contribution in [1.29, 1.82) is 0 Å². The summed E-state index contributed by atoms with van der Waals surface area (Å²) in [5, 5.41) is 2.72. The first-order chi connectivity index (χ1) is 15.0. The summed E-state index contributed by atoms with van der Waals surface area (Å²) in [6.45, 7) is 6.59. The summed E-state index contributed by atoms with van der Waals surface area (Å²) in [7, 11) is 0. The van der Waals surface area contributed by atoms with E-state index in [4.69, 9.17) is 9.47 Å². The number of carbonyl (C=O) groups excluding carboxylic acids is 3. The number of rotatable bonds is 9. The van der Waals surface area contributed by atoms with E-state index in [1.165, 1.54) is 11.1 Å². The SMILES string of the molecule is CCN(CC)CCOC(=O)c1ccc(NC(=O)CN2C(=O)COc3cccnc32)cc1. The molecule has 31 heavy (non-hydrogen) atoms. The van der Waals surface area contributed by atoms with E-state index in [1.807, 2.05) is 0 Å². The summed E-state index contributed by atoms with van der Waals surface area (Å²) in [6, 6.07) is 9.80. The van der Waals surface area contributed by atoms with Crippen LogP contribution in [0.1, 0.15) is 24.2 Å². The largest absolute Gasteiger partial charge is 0.480 e. The van der Waals surface area contributed by atoms with Gasteiger partial charge in [0.05, 0.1) is 5.56 Å². The number of pyridine rings is 1. The first-order valence-corrected chi connectivity index (χ1v) is 10.2. The molecule has 0 atom stereocenters. The average molecular weight is 426 g/mol. The predicted molar refractivity (Wildman–Crippen MR) is 115 cm³/mol. The first-order valence-electron chi connectivity index (χ1n) is 10.2. The molecule has 0 saturated carbocycles. The van der Waals surface area contributed by atoms with Crippen LogP contribution in [0.4, 0.5) is 11.5 Å². The van der Waals surface area contributed by atoms with Crippen LogP contribution in [-0.2, 0) is 14.3 Å². The molecule has 1 aromatic heterocycles. The van der Waals surface area contributed by atoms with E-state index < -0.39 is 5.97 Å². The number of likely N-dealkylation sites (N-methyl/N-ethyl adjacent to an activating group) is 1. The van der Waals surface area contributed by atoms with E-state index in [2.05, 4.69) is 29.0 Å². The van der Waals surface area contributed by atoms with E-state index in [-0.39, 0.29) is 25.0 Å². The molecule has 2 heterocycles. The number of amides is 2. The maximum atomic E-state index is 12.4. The Labute approximate surface area is 180 Å². The molecule has 9 heteroatoms. The Morgan fingerprint density at radius 2 is 1.94 bits per heavy atom. The van der Waals surface area contributed by atoms with Crippen molar-refractivity contribution < 1.29 is 23.9 Å². The number of fused-ring (bicyclic) bond motifs is 1. The van der Waals surface area contributed by atoms with Crippen LogP contribution in [0, 0.1) is 0 Å². The summed E-state index contributed by atoms with van der Waals surface area (Å²) in [6.07, 6.45) is 1.53. The Hall–Kier alpha value is -3.46. The lowest BCUT2D eigenvalue weighted by atomic mass is 10.2. The van der Waals surface area contributed by atoms with Crippen molar-refractivity contribution in [2.24, 2.45) is 0 Å². The van der Waals surface area contributed by atoms with Gasteiger partial charge in [0.25, 0.3) is 5.91 Å². The lowest BCUT2D eigenvalue weighted by Crippen LogP contribution is -2.43. The summed E-state index contributed by atoms with van der Waals surface area (Å²) in [5.74, 6) is -0.368. The van der Waals surface area contributed by atoms with Gasteiger partial charge in [-0.15, -0.1) is 0 Å². The maximum absolute atomic E-state index is 12.4. The van der Waals surface area contributed by atoms with Crippen molar-refractivity contribution in [2.45, 2.75) is 13.8 Å². The third-order valence-corrected chi connectivity index (χ3v) is 4.90. The zero-order valence-corrected chi connectivity index (χ0v) is 17.7. The first kappa shape index (κ1) is 22.2. The lowest BCUT2D eigenvalue weighted by Gasteiger charge is -2.27. The van der Waals surface area contributed by atoms with E-state index in [9.17, 15) is 14.4 Å². The van der Waals surface area contributed by atoms with Crippen LogP contribution in [-0.4, -0.2) is 67.1 Å². The zero-order chi connectivity index (χ0) is 22.2. The Morgan fingerprint density at radius 3 is 2.65 bits per heavy atom. The molecule has 0 saturated heterocycles. The number of carbonyl (C=O) groups is 3. The number of esters is 1. The van der Waals surface area contributed by atoms with Gasteiger partial charge in [0.1, 0.15) is 13.2 Å². The van der Waals surface area contributed by atoms with Crippen LogP contribution < -0.4 is 15.0 Å². The quantitative estimate of drug-likeness (QED) is 0.612. The number of hydrogen-bond acceptors (Lipinski definition) is 7. The molecular formula is C22H26N4O5. The molecule has 3 rings (SSSR count). The Morgan fingerprint density at radius 1 is 1.19 bits per heavy atom. The second kappa shape index (κ2) is 10.5. The van der Waals surface area contributed by atoms with E-state index in [0.717, 1.165) is 13.1 Å². The molecule has 2 aromatic rings. The Bertz CT molecular complexity index is 928. The van der Waals surface area contributed by atoms with E-state index >= 15 is 0 Å². The van der Waals surface area contributed by atoms with E-state index in [0.29, 0.717) is 36.0 Å². The fourth-order valence-corrected chi connectivity index (χ4v) is 3.12. The third-order valence-electron chi connectivity index (χ3n) is 4.90. The minimum atomic E-state index is -0.411. The maximum Gasteiger partial charge on any atom is 0.338 e. The second-order valence-electron chi connectivity index (χ2n) is 6.88. The minimum absolute atomic E-state index is 0.142. The van der Waals surface area contributed by atoms with Crippen molar-refractivity contribution in [3.05, 3.63) is 48.2 Å². The van der Waals surface area contributed by atoms with Gasteiger partial charge in [0, 0.05) is 18.4 Å². The average Bonchev–Trinajstić information content (AvgIpc) is 2.79. The highest BCUT2D eigenvalue weighted by Gasteiger charge is 2.28. The van der Waals surface area contributed by atoms with Crippen LogP contribution >= 0.6 is 0 Å². The van der Waals surface area contributed by atoms with Gasteiger partial charge in [-0.1, -0.05) is 13.8 Å². The van der Waals surface area contributed by atoms with Gasteiger partial charge >= 0.3 is 5.97 Å². The molecule has 1 aliphatic heterocycles. The van der Waals surface area contributed by atoms with Gasteiger partial charge in [-0.25, -0.2) is 9.78 Å². The number of anilines is 2. The molecule has 0 unspecified atom stereocenters. The highest BCUT2D eigenvalue weighted by Crippen LogP contribution is 2.28. The fourth-order valence-electron chi connectivity index (χ4n) is 3.12. The molecule has 0 bridgehead atoms. The molecule has 0 radical (unpaired) electrons. The van der Waals surface area contributed by atoms with Gasteiger partial charge in [0.2, 0.25) is 5.91 Å². The minimum Gasteiger partial charge on any atom is -0.480 e. The summed E-state index contributed by atoms with van der Waals surface area (Å²) in [4.78, 5) is 44.4. The highest BCUT2D eigenvalue weighted by atomic mass is 16.5. The molecule has 1 aromatic carbocycles. The number of hydrogen-bond donors (Lipinski definition) is 1. The second-order valence-corrected chi connectivity index (χ2v) is 6.88. The molecule has 164 valence electrons. The summed E-state index contributed by atoms with van der Waals surface area (Å²) < 4.78 is 10.6. The van der Waals surface area contributed by atoms with Crippen LogP contribution in [0.2, 0.25) is 0 Å². The van der Waals surface area contributed by atoms with Gasteiger partial charge < -0.3 is 19.7 Å². The van der Waals surface area contributed by atoms with Gasteiger partial charge in [-0.05, 0) is 49.5 Å². The van der Waals surface area contributed by atoms with Crippen LogP contribution in [0.3, 0.4) is 0 Å². The van der Waals surface area contributed by atoms with E-state index in [1.54, 1.807) is 36.4 Å². The highest BCUT2D eigenvalue weighted by molar-refractivity contribution is 6.04. The monoisotopic (exact) mass is 426 g/mol. The van der Waals surface area contributed by atoms with Crippen molar-refractivity contribution in [3.8, 4) is 5.75 Å². The van der Waals surface area contributed by atoms with Gasteiger partial charge in [0.15, 0.2) is 18.2 Å². The standard InChI is InChI=1S/C22H26N4O5/c1-3-25(4-2)12-13-30-22(29)16-7-9-17(10-8-16)24-19(27)14-26-20(28)15-31-18-6-5-11-23-21(18)26/h5-11H,3-4,12-15H2,1-2H3,(H,24,27). The smallest absolute Gasteiger partial charge is 0.338 e. The predicted octanol–water partition coefficient (Wildman–Crippen LogP) is 1.94. The topological polar surface area (TPSA) is 101 Å². The van der Waals surface area contributed by atoms with Gasteiger partial charge in [-0.2, -0.15) is 0 Å². The van der Waals surface area contributed by atoms with Crippen LogP contribution in [0.25, 0.3) is 0 Å². The molecule has 9 nitrogen and oxygen atoms in total. The van der Waals surface area contributed by atoms with Crippen molar-refractivity contribution in [1.82, 2.24) is 9.88 Å². The normalized spacial score (nSPS) is 12.9. The van der Waals surface area contributed by atoms with Crippen molar-refractivity contribution in [2.75, 3.05) is 49.6 Å². The Balaban J connectivity index is 1.53. The molecule has 0 aliphatic carbocycles. The number of aromatic nitrogens is 1. The molecule has 0 fully saturated rings. The van der Waals surface area contributed by atoms with Crippen LogP contribution in [0.15, 0.2) is 42.6 Å². The number of nitrogens with zero attached hydrogens (tertiary/aromatic N) is 3. The number of ether oxygens (including phenoxy) is 2. The molecule has 1 N–H and O–H groups in total. The molecule has 0 spiro atoms. The summed E-state index contributed by atoms with van der Waals surface area (Å²) >= 11 is 0. The molecule has 2 amide bonds. The van der Waals surface area contributed by atoms with Gasteiger partial charge in [-0.3, -0.25) is 14.5 Å². The third kappa shape index (κ3) is 5.79. The zero-order valence-electron chi connectivity index (χ0n) is 17.7. The summed E-state index contributed by atoms with van der Waals surface area (Å²) in [5.41, 5.74) is 0.908. The Kier molecular flexibility index (Phi) is 7.55. The molecular weight excluding hydrogens is 400 g/mol. The number of benzene rings is 1. The van der Waals surface area contributed by atoms with Crippen LogP contribution in [0.5, 0.6) is 5.75 Å². The lowest BCUT2D eigenvalue weighted by molar-refractivity contribution is -0.123. The van der Waals surface area contributed by atoms with Crippen molar-refractivity contribution in [3.63, 3.8) is 0 Å².